The van der Waals surface area contributed by atoms with E-state index in [0.717, 1.165) is 12.8 Å². The maximum absolute atomic E-state index is 11.7. The van der Waals surface area contributed by atoms with Crippen LogP contribution >= 0.6 is 0 Å². The quantitative estimate of drug-likeness (QED) is 0.674. The van der Waals surface area contributed by atoms with E-state index in [1.165, 1.54) is 0 Å². The maximum Gasteiger partial charge on any atom is 0.251 e. The summed E-state index contributed by atoms with van der Waals surface area (Å²) in [5.41, 5.74) is 0. The van der Waals surface area contributed by atoms with Crippen LogP contribution in [0.25, 0.3) is 0 Å². The summed E-state index contributed by atoms with van der Waals surface area (Å²) in [4.78, 5) is 13.3. The highest BCUT2D eigenvalue weighted by Gasteiger charge is 2.26. The molecule has 13 heavy (non-hydrogen) atoms. The monoisotopic (exact) mass is 187 g/mol. The molecule has 1 rings (SSSR count). The summed E-state index contributed by atoms with van der Waals surface area (Å²) in [5.74, 6) is 0.0223. The highest BCUT2D eigenvalue weighted by atomic mass is 16.5. The average Bonchev–Trinajstić information content (AvgIpc) is 2.65. The van der Waals surface area contributed by atoms with Gasteiger partial charge in [-0.05, 0) is 19.8 Å². The van der Waals surface area contributed by atoms with Crippen molar-refractivity contribution in [3.8, 4) is 0 Å². The number of ether oxygens (including phenoxy) is 1. The van der Waals surface area contributed by atoms with Gasteiger partial charge in [-0.15, -0.1) is 0 Å². The third-order valence-corrected chi connectivity index (χ3v) is 2.27. The number of nitrogens with zero attached hydrogens (tertiary/aromatic N) is 1. The van der Waals surface area contributed by atoms with Gasteiger partial charge in [-0.1, -0.05) is 0 Å². The van der Waals surface area contributed by atoms with Crippen molar-refractivity contribution in [2.45, 2.75) is 25.9 Å². The molecule has 0 spiro atoms. The van der Waals surface area contributed by atoms with Crippen molar-refractivity contribution in [1.82, 2.24) is 4.90 Å². The van der Waals surface area contributed by atoms with Crippen LogP contribution in [0.3, 0.4) is 0 Å². The first-order valence-corrected chi connectivity index (χ1v) is 4.80. The fourth-order valence-electron chi connectivity index (χ4n) is 1.52. The number of aliphatic hydroxyl groups is 1. The number of rotatable bonds is 4. The molecule has 0 aromatic heterocycles. The summed E-state index contributed by atoms with van der Waals surface area (Å²) in [6.45, 7) is 3.66. The molecule has 76 valence electrons. The van der Waals surface area contributed by atoms with E-state index in [9.17, 15) is 4.79 Å². The van der Waals surface area contributed by atoms with Gasteiger partial charge in [0.05, 0.1) is 6.61 Å². The molecule has 0 aliphatic carbocycles. The van der Waals surface area contributed by atoms with Crippen LogP contribution < -0.4 is 0 Å². The molecule has 0 unspecified atom stereocenters. The van der Waals surface area contributed by atoms with Gasteiger partial charge in [0.2, 0.25) is 0 Å². The third-order valence-electron chi connectivity index (χ3n) is 2.27. The Kier molecular flexibility index (Phi) is 4.18. The molecule has 1 atom stereocenters. The molecule has 0 aromatic rings. The van der Waals surface area contributed by atoms with Gasteiger partial charge in [-0.2, -0.15) is 0 Å². The zero-order valence-electron chi connectivity index (χ0n) is 8.03. The second kappa shape index (κ2) is 5.19. The lowest BCUT2D eigenvalue weighted by Gasteiger charge is -2.22. The van der Waals surface area contributed by atoms with Crippen LogP contribution in [-0.4, -0.2) is 48.3 Å². The van der Waals surface area contributed by atoms with Crippen molar-refractivity contribution < 1.29 is 14.6 Å². The van der Waals surface area contributed by atoms with Gasteiger partial charge in [-0.3, -0.25) is 4.79 Å². The van der Waals surface area contributed by atoms with Gasteiger partial charge in [0, 0.05) is 19.7 Å². The van der Waals surface area contributed by atoms with Crippen LogP contribution in [0.4, 0.5) is 0 Å². The number of aliphatic hydroxyl groups excluding tert-OH is 1. The van der Waals surface area contributed by atoms with E-state index >= 15 is 0 Å². The minimum Gasteiger partial charge on any atom is -0.395 e. The van der Waals surface area contributed by atoms with Crippen LogP contribution in [0.15, 0.2) is 0 Å². The summed E-state index contributed by atoms with van der Waals surface area (Å²) in [5, 5.41) is 8.72. The van der Waals surface area contributed by atoms with Gasteiger partial charge in [-0.25, -0.2) is 0 Å². The van der Waals surface area contributed by atoms with Crippen LogP contribution in [0, 0.1) is 0 Å². The topological polar surface area (TPSA) is 49.8 Å². The summed E-state index contributed by atoms with van der Waals surface area (Å²) in [7, 11) is 0. The fraction of sp³-hybridized carbons (Fsp3) is 0.889. The Bertz CT molecular complexity index is 166. The number of carbonyl (C=O) groups excluding carboxylic acids is 1. The molecule has 0 bridgehead atoms. The summed E-state index contributed by atoms with van der Waals surface area (Å²) < 4.78 is 5.27. The molecule has 1 heterocycles. The van der Waals surface area contributed by atoms with Gasteiger partial charge < -0.3 is 14.7 Å². The lowest BCUT2D eigenvalue weighted by atomic mass is 10.2. The first-order chi connectivity index (χ1) is 6.29. The molecule has 1 amide bonds. The zero-order chi connectivity index (χ0) is 9.68. The van der Waals surface area contributed by atoms with E-state index in [-0.39, 0.29) is 18.6 Å². The second-order valence-electron chi connectivity index (χ2n) is 3.14. The van der Waals surface area contributed by atoms with Gasteiger partial charge >= 0.3 is 0 Å². The molecule has 1 saturated heterocycles. The Hall–Kier alpha value is -0.610. The predicted molar refractivity (Wildman–Crippen MR) is 48.3 cm³/mol. The van der Waals surface area contributed by atoms with Gasteiger partial charge in [0.15, 0.2) is 0 Å². The number of amides is 1. The van der Waals surface area contributed by atoms with E-state index in [0.29, 0.717) is 19.7 Å². The number of likely N-dealkylation sites (N-methyl/N-ethyl adjacent to an activating group) is 1. The average molecular weight is 187 g/mol. The molecular weight excluding hydrogens is 170 g/mol. The summed E-state index contributed by atoms with van der Waals surface area (Å²) >= 11 is 0. The van der Waals surface area contributed by atoms with Crippen LogP contribution in [0.1, 0.15) is 19.8 Å². The highest BCUT2D eigenvalue weighted by Crippen LogP contribution is 2.14. The SMILES string of the molecule is CCN(CCO)C(=O)[C@@H]1CCCO1. The Morgan fingerprint density at radius 3 is 2.92 bits per heavy atom. The fourth-order valence-corrected chi connectivity index (χ4v) is 1.52. The normalized spacial score (nSPS) is 21.8. The Morgan fingerprint density at radius 1 is 1.69 bits per heavy atom. The largest absolute Gasteiger partial charge is 0.395 e. The van der Waals surface area contributed by atoms with Crippen molar-refractivity contribution in [3.63, 3.8) is 0 Å². The number of hydrogen-bond acceptors (Lipinski definition) is 3. The lowest BCUT2D eigenvalue weighted by molar-refractivity contribution is -0.141. The molecule has 4 nitrogen and oxygen atoms in total. The zero-order valence-corrected chi connectivity index (χ0v) is 8.03. The van der Waals surface area contributed by atoms with E-state index in [4.69, 9.17) is 9.84 Å². The number of hydrogen-bond donors (Lipinski definition) is 1. The second-order valence-corrected chi connectivity index (χ2v) is 3.14. The Morgan fingerprint density at radius 2 is 2.46 bits per heavy atom. The minimum absolute atomic E-state index is 0.0201. The number of carbonyl (C=O) groups is 1. The molecule has 0 aromatic carbocycles. The van der Waals surface area contributed by atoms with Gasteiger partial charge in [0.1, 0.15) is 6.10 Å². The maximum atomic E-state index is 11.7. The minimum atomic E-state index is -0.258. The van der Waals surface area contributed by atoms with Crippen molar-refractivity contribution in [1.29, 1.82) is 0 Å². The van der Waals surface area contributed by atoms with E-state index in [1.54, 1.807) is 4.90 Å². The Balaban J connectivity index is 2.42. The predicted octanol–water partition coefficient (Wildman–Crippen LogP) is 0.00620. The van der Waals surface area contributed by atoms with Crippen molar-refractivity contribution >= 4 is 5.91 Å². The Labute approximate surface area is 78.5 Å². The van der Waals surface area contributed by atoms with Crippen LogP contribution in [-0.2, 0) is 9.53 Å². The lowest BCUT2D eigenvalue weighted by Crippen LogP contribution is -2.40. The first-order valence-electron chi connectivity index (χ1n) is 4.80. The smallest absolute Gasteiger partial charge is 0.251 e. The van der Waals surface area contributed by atoms with E-state index in [1.807, 2.05) is 6.92 Å². The molecular formula is C9H17NO3. The first kappa shape index (κ1) is 10.5. The van der Waals surface area contributed by atoms with Crippen molar-refractivity contribution in [3.05, 3.63) is 0 Å². The third kappa shape index (κ3) is 2.67. The van der Waals surface area contributed by atoms with Crippen LogP contribution in [0.2, 0.25) is 0 Å². The highest BCUT2D eigenvalue weighted by molar-refractivity contribution is 5.81. The molecule has 0 saturated carbocycles. The molecule has 1 aliphatic heterocycles. The standard InChI is InChI=1S/C9H17NO3/c1-2-10(5-6-11)9(12)8-4-3-7-13-8/h8,11H,2-7H2,1H3/t8-/m0/s1. The van der Waals surface area contributed by atoms with Crippen molar-refractivity contribution in [2.24, 2.45) is 0 Å². The molecule has 0 radical (unpaired) electrons. The molecule has 1 N–H and O–H groups in total. The molecule has 1 fully saturated rings. The van der Waals surface area contributed by atoms with Gasteiger partial charge in [0.25, 0.3) is 5.91 Å². The van der Waals surface area contributed by atoms with E-state index in [2.05, 4.69) is 0 Å². The van der Waals surface area contributed by atoms with Crippen LogP contribution in [0.5, 0.6) is 0 Å². The molecule has 4 heteroatoms. The van der Waals surface area contributed by atoms with Crippen molar-refractivity contribution in [2.75, 3.05) is 26.3 Å². The summed E-state index contributed by atoms with van der Waals surface area (Å²) in [6.07, 6.45) is 1.53. The molecule has 1 aliphatic rings. The van der Waals surface area contributed by atoms with E-state index < -0.39 is 0 Å². The summed E-state index contributed by atoms with van der Waals surface area (Å²) in [6, 6.07) is 0.